The van der Waals surface area contributed by atoms with E-state index in [0.717, 1.165) is 16.9 Å². The Morgan fingerprint density at radius 1 is 1.07 bits per heavy atom. The second-order valence-corrected chi connectivity index (χ2v) is 7.42. The van der Waals surface area contributed by atoms with Crippen LogP contribution in [0.5, 0.6) is 5.75 Å². The van der Waals surface area contributed by atoms with E-state index in [4.69, 9.17) is 22.1 Å². The maximum Gasteiger partial charge on any atom is 0.180 e. The number of rotatable bonds is 7. The van der Waals surface area contributed by atoms with Crippen LogP contribution >= 0.6 is 23.4 Å². The number of benzene rings is 3. The second kappa shape index (κ2) is 10.6. The van der Waals surface area contributed by atoms with Crippen molar-refractivity contribution in [3.8, 4) is 5.75 Å². The summed E-state index contributed by atoms with van der Waals surface area (Å²) in [6.45, 7) is 0.211. The van der Waals surface area contributed by atoms with Gasteiger partial charge in [0, 0.05) is 16.9 Å². The average molecular weight is 428 g/mol. The number of thioether (sulfide) groups is 1. The number of nitrogens with two attached hydrogens (primary N) is 1. The third kappa shape index (κ3) is 6.62. The first kappa shape index (κ1) is 20.9. The number of para-hydroxylation sites is 1. The highest BCUT2D eigenvalue weighted by molar-refractivity contribution is 8.13. The monoisotopic (exact) mass is 427 g/mol. The molecule has 148 valence electrons. The Kier molecular flexibility index (Phi) is 7.67. The van der Waals surface area contributed by atoms with Gasteiger partial charge in [-0.3, -0.25) is 0 Å². The van der Waals surface area contributed by atoms with Gasteiger partial charge in [-0.05, 0) is 29.8 Å². The number of nitrogens with zero attached hydrogens (tertiary/aromatic N) is 2. The molecule has 7 heteroatoms. The molecule has 0 aromatic heterocycles. The van der Waals surface area contributed by atoms with Gasteiger partial charge >= 0.3 is 0 Å². The van der Waals surface area contributed by atoms with Crippen LogP contribution in [0.15, 0.2) is 83.0 Å². The van der Waals surface area contributed by atoms with Crippen molar-refractivity contribution in [2.24, 2.45) is 15.9 Å². The molecule has 0 bridgehead atoms. The van der Waals surface area contributed by atoms with Crippen LogP contribution in [0.1, 0.15) is 16.7 Å². The zero-order valence-corrected chi connectivity index (χ0v) is 17.0. The number of hydrogen-bond donors (Lipinski definition) is 1. The van der Waals surface area contributed by atoms with Gasteiger partial charge in [-0.1, -0.05) is 71.9 Å². The third-order valence-corrected chi connectivity index (χ3v) is 5.11. The minimum atomic E-state index is -0.383. The molecule has 0 amide bonds. The van der Waals surface area contributed by atoms with Crippen molar-refractivity contribution >= 4 is 34.7 Å². The molecular weight excluding hydrogens is 409 g/mol. The largest absolute Gasteiger partial charge is 0.488 e. The van der Waals surface area contributed by atoms with Crippen molar-refractivity contribution in [3.63, 3.8) is 0 Å². The van der Waals surface area contributed by atoms with Crippen LogP contribution in [0.4, 0.5) is 4.39 Å². The molecule has 0 heterocycles. The highest BCUT2D eigenvalue weighted by atomic mass is 35.5. The minimum absolute atomic E-state index is 0.211. The first-order chi connectivity index (χ1) is 14.1. The van der Waals surface area contributed by atoms with Crippen LogP contribution in [0.2, 0.25) is 5.02 Å². The number of hydrogen-bond acceptors (Lipinski definition) is 4. The third-order valence-electron chi connectivity index (χ3n) is 3.90. The van der Waals surface area contributed by atoms with Crippen LogP contribution in [0.3, 0.4) is 0 Å². The molecule has 0 aliphatic rings. The normalized spacial score (nSPS) is 11.7. The summed E-state index contributed by atoms with van der Waals surface area (Å²) in [4.78, 5) is 0. The predicted molar refractivity (Wildman–Crippen MR) is 119 cm³/mol. The van der Waals surface area contributed by atoms with Crippen molar-refractivity contribution in [1.82, 2.24) is 0 Å². The lowest BCUT2D eigenvalue weighted by atomic mass is 10.2. The molecule has 0 aliphatic heterocycles. The van der Waals surface area contributed by atoms with E-state index in [1.165, 1.54) is 23.9 Å². The molecule has 3 aromatic carbocycles. The summed E-state index contributed by atoms with van der Waals surface area (Å²) in [7, 11) is 0. The molecule has 2 N–H and O–H groups in total. The lowest BCUT2D eigenvalue weighted by molar-refractivity contribution is 0.305. The van der Waals surface area contributed by atoms with Crippen LogP contribution in [-0.4, -0.2) is 11.4 Å². The van der Waals surface area contributed by atoms with E-state index in [2.05, 4.69) is 10.2 Å². The van der Waals surface area contributed by atoms with Gasteiger partial charge in [-0.2, -0.15) is 5.10 Å². The van der Waals surface area contributed by atoms with Gasteiger partial charge in [0.15, 0.2) is 5.17 Å². The van der Waals surface area contributed by atoms with Gasteiger partial charge < -0.3 is 10.5 Å². The molecule has 0 aliphatic carbocycles. The summed E-state index contributed by atoms with van der Waals surface area (Å²) in [5.74, 6) is 0.957. The van der Waals surface area contributed by atoms with Crippen molar-refractivity contribution in [2.75, 3.05) is 0 Å². The number of ether oxygens (including phenoxy) is 1. The van der Waals surface area contributed by atoms with Gasteiger partial charge in [0.05, 0.1) is 11.2 Å². The Morgan fingerprint density at radius 2 is 1.83 bits per heavy atom. The first-order valence-electron chi connectivity index (χ1n) is 8.81. The summed E-state index contributed by atoms with van der Waals surface area (Å²) in [6.07, 6.45) is 1.58. The lowest BCUT2D eigenvalue weighted by Gasteiger charge is -2.10. The van der Waals surface area contributed by atoms with E-state index < -0.39 is 0 Å². The molecule has 0 spiro atoms. The molecule has 0 saturated heterocycles. The quantitative estimate of drug-likeness (QED) is 0.301. The number of halogens is 2. The SMILES string of the molecule is NC(=NN=Cc1ccccc1OCc1ccc(F)cc1Cl)SCc1ccccc1. The highest BCUT2D eigenvalue weighted by Crippen LogP contribution is 2.22. The van der Waals surface area contributed by atoms with Crippen LogP contribution < -0.4 is 10.5 Å². The van der Waals surface area contributed by atoms with E-state index in [1.807, 2.05) is 54.6 Å². The Morgan fingerprint density at radius 3 is 2.62 bits per heavy atom. The molecule has 3 aromatic rings. The van der Waals surface area contributed by atoms with Gasteiger partial charge in [-0.15, -0.1) is 5.10 Å². The van der Waals surface area contributed by atoms with E-state index >= 15 is 0 Å². The summed E-state index contributed by atoms with van der Waals surface area (Å²) in [5, 5.41) is 8.79. The van der Waals surface area contributed by atoms with Crippen LogP contribution in [-0.2, 0) is 12.4 Å². The molecule has 0 radical (unpaired) electrons. The van der Waals surface area contributed by atoms with Crippen molar-refractivity contribution in [3.05, 3.63) is 100 Å². The molecular formula is C22H19ClFN3OS. The van der Waals surface area contributed by atoms with Crippen molar-refractivity contribution in [2.45, 2.75) is 12.4 Å². The zero-order valence-electron chi connectivity index (χ0n) is 15.5. The maximum atomic E-state index is 13.2. The van der Waals surface area contributed by atoms with Gasteiger partial charge in [0.1, 0.15) is 18.2 Å². The Balaban J connectivity index is 1.60. The summed E-state index contributed by atoms with van der Waals surface area (Å²) in [6, 6.07) is 21.6. The molecule has 0 atom stereocenters. The predicted octanol–water partition coefficient (Wildman–Crippen LogP) is 5.64. The van der Waals surface area contributed by atoms with E-state index in [1.54, 1.807) is 12.3 Å². The fourth-order valence-corrected chi connectivity index (χ4v) is 3.25. The standard InChI is InChI=1S/C22H19ClFN3OS/c23-20-12-19(24)11-10-18(20)14-28-21-9-5-4-8-17(21)13-26-27-22(25)29-15-16-6-2-1-3-7-16/h1-13H,14-15H2,(H2,25,27). The molecule has 3 rings (SSSR count). The van der Waals surface area contributed by atoms with E-state index in [0.29, 0.717) is 21.5 Å². The fourth-order valence-electron chi connectivity index (χ4n) is 2.42. The van der Waals surface area contributed by atoms with Gasteiger partial charge in [-0.25, -0.2) is 4.39 Å². The average Bonchev–Trinajstić information content (AvgIpc) is 2.73. The van der Waals surface area contributed by atoms with Crippen molar-refractivity contribution in [1.29, 1.82) is 0 Å². The topological polar surface area (TPSA) is 60.0 Å². The zero-order chi connectivity index (χ0) is 20.5. The molecule has 29 heavy (non-hydrogen) atoms. The maximum absolute atomic E-state index is 13.2. The van der Waals surface area contributed by atoms with E-state index in [-0.39, 0.29) is 12.4 Å². The van der Waals surface area contributed by atoms with Gasteiger partial charge in [0.2, 0.25) is 0 Å². The second-order valence-electron chi connectivity index (χ2n) is 6.02. The summed E-state index contributed by atoms with van der Waals surface area (Å²) < 4.78 is 19.0. The minimum Gasteiger partial charge on any atom is -0.488 e. The number of amidine groups is 1. The molecule has 0 fully saturated rings. The fraction of sp³-hybridized carbons (Fsp3) is 0.0909. The Hall–Kier alpha value is -2.83. The Labute approximate surface area is 178 Å². The van der Waals surface area contributed by atoms with Crippen molar-refractivity contribution < 1.29 is 9.13 Å². The van der Waals surface area contributed by atoms with Crippen LogP contribution in [0, 0.1) is 5.82 Å². The molecule has 0 saturated carbocycles. The first-order valence-corrected chi connectivity index (χ1v) is 10.2. The Bertz CT molecular complexity index is 1010. The van der Waals surface area contributed by atoms with E-state index in [9.17, 15) is 4.39 Å². The molecule has 4 nitrogen and oxygen atoms in total. The summed E-state index contributed by atoms with van der Waals surface area (Å²) in [5.41, 5.74) is 8.51. The lowest BCUT2D eigenvalue weighted by Crippen LogP contribution is -2.06. The highest BCUT2D eigenvalue weighted by Gasteiger charge is 2.05. The van der Waals surface area contributed by atoms with Gasteiger partial charge in [0.25, 0.3) is 0 Å². The summed E-state index contributed by atoms with van der Waals surface area (Å²) >= 11 is 7.46. The molecule has 0 unspecified atom stereocenters. The smallest absolute Gasteiger partial charge is 0.180 e. The van der Waals surface area contributed by atoms with Crippen LogP contribution in [0.25, 0.3) is 0 Å².